The number of rotatable bonds is 4. The molecule has 4 aromatic rings. The Bertz CT molecular complexity index is 1750. The van der Waals surface area contributed by atoms with Gasteiger partial charge in [0.05, 0.1) is 0 Å². The number of hydrogen-bond donors (Lipinski definition) is 0. The Kier molecular flexibility index (Phi) is 7.99. The molecule has 4 aromatic carbocycles. The Morgan fingerprint density at radius 3 is 2.02 bits per heavy atom. The molecule has 1 unspecified atom stereocenters. The first-order chi connectivity index (χ1) is 20.1. The van der Waals surface area contributed by atoms with Crippen molar-refractivity contribution in [3.8, 4) is 22.3 Å². The Morgan fingerprint density at radius 2 is 1.40 bits per heavy atom. The van der Waals surface area contributed by atoms with Crippen molar-refractivity contribution in [3.05, 3.63) is 106 Å². The molecule has 1 aliphatic heterocycles. The van der Waals surface area contributed by atoms with Crippen LogP contribution in [0.3, 0.4) is 0 Å². The third-order valence-corrected chi connectivity index (χ3v) is 23.9. The maximum atomic E-state index is 7.93. The summed E-state index contributed by atoms with van der Waals surface area (Å²) in [5.41, 5.74) is 13.6. The van der Waals surface area contributed by atoms with E-state index in [1.54, 1.807) is 0 Å². The first-order valence-electron chi connectivity index (χ1n) is 15.7. The minimum atomic E-state index is -4.03. The predicted octanol–water partition coefficient (Wildman–Crippen LogP) is 9.24. The zero-order chi connectivity index (χ0) is 31.1. The van der Waals surface area contributed by atoms with Crippen LogP contribution in [-0.2, 0) is 28.7 Å². The second kappa shape index (κ2) is 11.0. The topological polar surface area (TPSA) is 0 Å². The fraction of sp³-hybridized carbons (Fsp3) is 0.333. The van der Waals surface area contributed by atoms with Gasteiger partial charge in [-0.25, -0.2) is 0 Å². The van der Waals surface area contributed by atoms with E-state index < -0.39 is 27.4 Å². The number of aryl methyl sites for hydroxylation is 1. The Hall–Kier alpha value is -1.70. The summed E-state index contributed by atoms with van der Waals surface area (Å²) in [5, 5.41) is 3.00. The Balaban J connectivity index is 1.56. The molecular formula is C39H44Cl2SiZr. The van der Waals surface area contributed by atoms with Crippen LogP contribution in [0.4, 0.5) is 0 Å². The fourth-order valence-corrected chi connectivity index (χ4v) is 24.2. The first-order valence-corrected chi connectivity index (χ1v) is 26.1. The van der Waals surface area contributed by atoms with Gasteiger partial charge in [0, 0.05) is 0 Å². The van der Waals surface area contributed by atoms with E-state index in [2.05, 4.69) is 141 Å². The van der Waals surface area contributed by atoms with Crippen LogP contribution in [0.1, 0.15) is 86.8 Å². The molecule has 4 heteroatoms. The molecule has 6 rings (SSSR count). The monoisotopic (exact) mass is 700 g/mol. The molecule has 1 aliphatic carbocycles. The maximum absolute atomic E-state index is 7.93. The third-order valence-electron chi connectivity index (χ3n) is 9.64. The summed E-state index contributed by atoms with van der Waals surface area (Å²) >= 11 is -4.03. The number of fused-ring (bicyclic) bond motifs is 4. The van der Waals surface area contributed by atoms with Crippen molar-refractivity contribution in [2.75, 3.05) is 0 Å². The average Bonchev–Trinajstić information content (AvgIpc) is 3.51. The van der Waals surface area contributed by atoms with E-state index in [4.69, 9.17) is 17.0 Å². The molecule has 0 bridgehead atoms. The van der Waals surface area contributed by atoms with Crippen molar-refractivity contribution in [3.63, 3.8) is 0 Å². The number of benzene rings is 4. The minimum absolute atomic E-state index is 0.0520. The Labute approximate surface area is 273 Å². The molecule has 1 heterocycles. The molecule has 0 saturated heterocycles. The van der Waals surface area contributed by atoms with Crippen LogP contribution in [0.5, 0.6) is 0 Å². The molecule has 1 atom stereocenters. The zero-order valence-corrected chi connectivity index (χ0v) is 32.5. The van der Waals surface area contributed by atoms with Crippen LogP contribution in [0, 0.1) is 12.8 Å². The molecule has 43 heavy (non-hydrogen) atoms. The van der Waals surface area contributed by atoms with Crippen molar-refractivity contribution in [1.82, 2.24) is 0 Å². The van der Waals surface area contributed by atoms with E-state index in [1.165, 1.54) is 69.3 Å². The fourth-order valence-electron chi connectivity index (χ4n) is 7.13. The summed E-state index contributed by atoms with van der Waals surface area (Å²) in [7, 11) is 15.2. The van der Waals surface area contributed by atoms with Gasteiger partial charge in [0.15, 0.2) is 0 Å². The second-order valence-corrected chi connectivity index (χ2v) is 30.9. The van der Waals surface area contributed by atoms with Gasteiger partial charge in [0.1, 0.15) is 0 Å². The van der Waals surface area contributed by atoms with Gasteiger partial charge >= 0.3 is 275 Å². The number of allylic oxidation sites excluding steroid dienone is 1. The summed E-state index contributed by atoms with van der Waals surface area (Å²) in [6, 6.07) is 27.6. The summed E-state index contributed by atoms with van der Waals surface area (Å²) in [5.74, 6) is 0.358. The Morgan fingerprint density at radius 1 is 0.767 bits per heavy atom. The molecule has 0 radical (unpaired) electrons. The van der Waals surface area contributed by atoms with Gasteiger partial charge in [0.2, 0.25) is 0 Å². The normalized spacial score (nSPS) is 16.8. The molecule has 2 aliphatic rings. The molecule has 0 aromatic heterocycles. The molecule has 222 valence electrons. The quantitative estimate of drug-likeness (QED) is 0.164. The summed E-state index contributed by atoms with van der Waals surface area (Å²) in [4.78, 5) is 0. The van der Waals surface area contributed by atoms with E-state index in [0.29, 0.717) is 5.92 Å². The van der Waals surface area contributed by atoms with Crippen LogP contribution < -0.4 is 13.6 Å². The van der Waals surface area contributed by atoms with Crippen molar-refractivity contribution >= 4 is 46.3 Å². The zero-order valence-electron chi connectivity index (χ0n) is 27.1. The molecule has 0 spiro atoms. The third kappa shape index (κ3) is 5.43. The van der Waals surface area contributed by atoms with Gasteiger partial charge < -0.3 is 0 Å². The molecule has 0 N–H and O–H groups in total. The van der Waals surface area contributed by atoms with E-state index in [1.807, 2.05) is 0 Å². The van der Waals surface area contributed by atoms with Crippen LogP contribution >= 0.6 is 17.0 Å². The van der Waals surface area contributed by atoms with E-state index >= 15 is 0 Å². The van der Waals surface area contributed by atoms with Crippen molar-refractivity contribution in [1.29, 1.82) is 0 Å². The van der Waals surface area contributed by atoms with Crippen molar-refractivity contribution < 1.29 is 17.9 Å². The molecule has 0 fully saturated rings. The summed E-state index contributed by atoms with van der Waals surface area (Å²) < 4.78 is 1.39. The van der Waals surface area contributed by atoms with Crippen molar-refractivity contribution in [2.24, 2.45) is 5.92 Å². The van der Waals surface area contributed by atoms with Gasteiger partial charge in [-0.05, 0) is 0 Å². The SMILES string of the molecule is Cc1ccc2c(c1-c1cc(C(C)(C)C)cc(C(C)(C)C)c1)C=C(C(C)C)[CH]2[Zr]([Cl])([Cl])[c]1cccc2c1[SiH2]c1ccccc1-2. The number of halogens is 2. The molecule has 0 amide bonds. The molecule has 0 nitrogen and oxygen atoms in total. The van der Waals surface area contributed by atoms with E-state index in [-0.39, 0.29) is 14.5 Å². The number of hydrogen-bond acceptors (Lipinski definition) is 0. The standard InChI is InChI=1S/C27H35.C12H9Si.2ClH.Zr/c1-17(2)20-12-19-11-10-18(3)25(24(19)15-20)21-13-22(26(4,5)6)16-23(14-21)27(7,8)9;1-3-7-11-9(5-1)10-6-2-4-8-12(10)13-11;;;/h10-17H,1-9H3;1-7H,13H2;2*1H;/q;;;;+2/p-2. The second-order valence-electron chi connectivity index (χ2n) is 15.1. The van der Waals surface area contributed by atoms with Gasteiger partial charge in [-0.1, -0.05) is 0 Å². The van der Waals surface area contributed by atoms with Crippen LogP contribution in [0.25, 0.3) is 28.3 Å². The average molecular weight is 703 g/mol. The predicted molar refractivity (Wildman–Crippen MR) is 191 cm³/mol. The van der Waals surface area contributed by atoms with E-state index in [0.717, 1.165) is 0 Å². The van der Waals surface area contributed by atoms with Crippen molar-refractivity contribution in [2.45, 2.75) is 76.8 Å². The van der Waals surface area contributed by atoms with E-state index in [9.17, 15) is 0 Å². The summed E-state index contributed by atoms with van der Waals surface area (Å²) in [6.45, 7) is 20.8. The molecule has 0 saturated carbocycles. The van der Waals surface area contributed by atoms with Gasteiger partial charge in [-0.15, -0.1) is 0 Å². The summed E-state index contributed by atoms with van der Waals surface area (Å²) in [6.07, 6.45) is 2.47. The van der Waals surface area contributed by atoms with Gasteiger partial charge in [-0.2, -0.15) is 0 Å². The van der Waals surface area contributed by atoms with Gasteiger partial charge in [0.25, 0.3) is 0 Å². The first kappa shape index (κ1) is 31.3. The van der Waals surface area contributed by atoms with Crippen LogP contribution in [0.2, 0.25) is 0 Å². The molecular weight excluding hydrogens is 659 g/mol. The van der Waals surface area contributed by atoms with Gasteiger partial charge in [-0.3, -0.25) is 0 Å². The van der Waals surface area contributed by atoms with Crippen LogP contribution in [-0.4, -0.2) is 9.52 Å². The van der Waals surface area contributed by atoms with Crippen LogP contribution in [0.15, 0.2) is 78.4 Å².